The van der Waals surface area contributed by atoms with Crippen molar-refractivity contribution in [2.45, 2.75) is 6.92 Å². The fourth-order valence-electron chi connectivity index (χ4n) is 2.95. The van der Waals surface area contributed by atoms with Gasteiger partial charge in [0.25, 0.3) is 5.91 Å². The molecule has 138 valence electrons. The van der Waals surface area contributed by atoms with Gasteiger partial charge in [-0.15, -0.1) is 0 Å². The number of H-pyrrole nitrogens is 1. The molecule has 0 aliphatic heterocycles. The third-order valence-electron chi connectivity index (χ3n) is 4.25. The van der Waals surface area contributed by atoms with Crippen LogP contribution in [0.2, 0.25) is 0 Å². The molecule has 6 nitrogen and oxygen atoms in total. The lowest BCUT2D eigenvalue weighted by molar-refractivity contribution is -0.114. The van der Waals surface area contributed by atoms with Crippen LogP contribution in [0.1, 0.15) is 17.3 Å². The van der Waals surface area contributed by atoms with Crippen molar-refractivity contribution in [2.75, 3.05) is 10.6 Å². The van der Waals surface area contributed by atoms with E-state index < -0.39 is 0 Å². The van der Waals surface area contributed by atoms with Crippen LogP contribution in [0, 0.1) is 0 Å². The van der Waals surface area contributed by atoms with Gasteiger partial charge in [0.05, 0.1) is 11.0 Å². The van der Waals surface area contributed by atoms with Gasteiger partial charge in [-0.1, -0.05) is 30.3 Å². The first-order valence-corrected chi connectivity index (χ1v) is 8.83. The number of rotatable bonds is 4. The number of para-hydroxylation sites is 2. The number of fused-ring (bicyclic) bond motifs is 1. The molecule has 0 spiro atoms. The number of aromatic nitrogens is 2. The lowest BCUT2D eigenvalue weighted by Gasteiger charge is -2.08. The molecule has 0 radical (unpaired) electrons. The minimum Gasteiger partial charge on any atom is -0.338 e. The van der Waals surface area contributed by atoms with Gasteiger partial charge in [0.1, 0.15) is 5.82 Å². The van der Waals surface area contributed by atoms with E-state index in [2.05, 4.69) is 20.6 Å². The number of anilines is 2. The van der Waals surface area contributed by atoms with E-state index in [9.17, 15) is 9.59 Å². The molecule has 4 rings (SSSR count). The summed E-state index contributed by atoms with van der Waals surface area (Å²) < 4.78 is 0. The van der Waals surface area contributed by atoms with Crippen molar-refractivity contribution in [1.29, 1.82) is 0 Å². The van der Waals surface area contributed by atoms with Crippen LogP contribution in [0.4, 0.5) is 11.4 Å². The zero-order valence-electron chi connectivity index (χ0n) is 15.2. The van der Waals surface area contributed by atoms with Crippen LogP contribution in [0.15, 0.2) is 72.8 Å². The average Bonchev–Trinajstić information content (AvgIpc) is 3.12. The third-order valence-corrected chi connectivity index (χ3v) is 4.25. The number of carbonyl (C=O) groups is 2. The summed E-state index contributed by atoms with van der Waals surface area (Å²) in [4.78, 5) is 31.5. The summed E-state index contributed by atoms with van der Waals surface area (Å²) in [6.07, 6.45) is 0. The molecule has 1 aromatic heterocycles. The standard InChI is InChI=1S/C22H18N4O2/c1-14(27)23-17-5-4-6-18(13-17)24-22(28)16-11-9-15(10-12-16)21-25-19-7-2-3-8-20(19)26-21/h2-13H,1H3,(H,23,27)(H,24,28)(H,25,26). The molecule has 0 unspecified atom stereocenters. The molecule has 0 saturated heterocycles. The summed E-state index contributed by atoms with van der Waals surface area (Å²) in [7, 11) is 0. The minimum atomic E-state index is -0.226. The fourth-order valence-corrected chi connectivity index (χ4v) is 2.95. The summed E-state index contributed by atoms with van der Waals surface area (Å²) in [6, 6.07) is 22.1. The summed E-state index contributed by atoms with van der Waals surface area (Å²) in [5.41, 5.74) is 4.55. The molecular weight excluding hydrogens is 352 g/mol. The first-order valence-electron chi connectivity index (χ1n) is 8.83. The first kappa shape index (κ1) is 17.5. The van der Waals surface area contributed by atoms with Crippen molar-refractivity contribution in [3.63, 3.8) is 0 Å². The van der Waals surface area contributed by atoms with Gasteiger partial charge in [-0.2, -0.15) is 0 Å². The molecule has 3 aromatic carbocycles. The monoisotopic (exact) mass is 370 g/mol. The maximum atomic E-state index is 12.5. The van der Waals surface area contributed by atoms with Gasteiger partial charge in [0.15, 0.2) is 0 Å². The lowest BCUT2D eigenvalue weighted by atomic mass is 10.1. The molecule has 0 bridgehead atoms. The van der Waals surface area contributed by atoms with E-state index in [-0.39, 0.29) is 11.8 Å². The number of hydrogen-bond acceptors (Lipinski definition) is 3. The average molecular weight is 370 g/mol. The topological polar surface area (TPSA) is 86.9 Å². The Bertz CT molecular complexity index is 1130. The van der Waals surface area contributed by atoms with E-state index in [1.165, 1.54) is 6.92 Å². The largest absolute Gasteiger partial charge is 0.338 e. The van der Waals surface area contributed by atoms with E-state index in [0.29, 0.717) is 16.9 Å². The summed E-state index contributed by atoms with van der Waals surface area (Å²) in [5, 5.41) is 5.53. The number of nitrogens with one attached hydrogen (secondary N) is 3. The second-order valence-electron chi connectivity index (χ2n) is 6.40. The number of carbonyl (C=O) groups excluding carboxylic acids is 2. The summed E-state index contributed by atoms with van der Waals surface area (Å²) >= 11 is 0. The smallest absolute Gasteiger partial charge is 0.255 e. The second-order valence-corrected chi connectivity index (χ2v) is 6.40. The van der Waals surface area contributed by atoms with Crippen molar-refractivity contribution in [3.05, 3.63) is 78.4 Å². The van der Waals surface area contributed by atoms with Gasteiger partial charge in [0.2, 0.25) is 5.91 Å². The highest BCUT2D eigenvalue weighted by atomic mass is 16.2. The highest BCUT2D eigenvalue weighted by molar-refractivity contribution is 6.05. The van der Waals surface area contributed by atoms with Crippen molar-refractivity contribution in [2.24, 2.45) is 0 Å². The van der Waals surface area contributed by atoms with Gasteiger partial charge in [-0.05, 0) is 42.5 Å². The number of imidazole rings is 1. The van der Waals surface area contributed by atoms with Crippen molar-refractivity contribution in [3.8, 4) is 11.4 Å². The SMILES string of the molecule is CC(=O)Nc1cccc(NC(=O)c2ccc(-c3nc4ccccc4[nH]3)cc2)c1. The van der Waals surface area contributed by atoms with E-state index in [4.69, 9.17) is 0 Å². The van der Waals surface area contributed by atoms with E-state index in [1.54, 1.807) is 36.4 Å². The predicted octanol–water partition coefficient (Wildman–Crippen LogP) is 4.44. The van der Waals surface area contributed by atoms with E-state index >= 15 is 0 Å². The first-order chi connectivity index (χ1) is 13.6. The number of benzene rings is 3. The van der Waals surface area contributed by atoms with Crippen LogP contribution in [0.25, 0.3) is 22.4 Å². The van der Waals surface area contributed by atoms with Crippen LogP contribution in [0.3, 0.4) is 0 Å². The van der Waals surface area contributed by atoms with Crippen LogP contribution < -0.4 is 10.6 Å². The van der Waals surface area contributed by atoms with Gasteiger partial charge in [0, 0.05) is 29.4 Å². The summed E-state index contributed by atoms with van der Waals surface area (Å²) in [5.74, 6) is 0.372. The normalized spacial score (nSPS) is 10.6. The Morgan fingerprint density at radius 3 is 2.29 bits per heavy atom. The maximum Gasteiger partial charge on any atom is 0.255 e. The molecular formula is C22H18N4O2. The van der Waals surface area contributed by atoms with Gasteiger partial charge >= 0.3 is 0 Å². The van der Waals surface area contributed by atoms with Crippen LogP contribution in [0.5, 0.6) is 0 Å². The number of amides is 2. The highest BCUT2D eigenvalue weighted by Crippen LogP contribution is 2.21. The lowest BCUT2D eigenvalue weighted by Crippen LogP contribution is -2.12. The molecule has 6 heteroatoms. The summed E-state index contributed by atoms with van der Waals surface area (Å²) in [6.45, 7) is 1.44. The Morgan fingerprint density at radius 2 is 1.57 bits per heavy atom. The third kappa shape index (κ3) is 3.76. The predicted molar refractivity (Wildman–Crippen MR) is 110 cm³/mol. The molecule has 3 N–H and O–H groups in total. The Labute approximate surface area is 161 Å². The Balaban J connectivity index is 1.50. The number of nitrogens with zero attached hydrogens (tertiary/aromatic N) is 1. The molecule has 2 amide bonds. The molecule has 0 aliphatic rings. The van der Waals surface area contributed by atoms with Gasteiger partial charge in [-0.25, -0.2) is 4.98 Å². The Morgan fingerprint density at radius 1 is 0.857 bits per heavy atom. The van der Waals surface area contributed by atoms with Crippen LogP contribution in [-0.2, 0) is 4.79 Å². The number of aromatic amines is 1. The van der Waals surface area contributed by atoms with Gasteiger partial charge < -0.3 is 15.6 Å². The van der Waals surface area contributed by atoms with E-state index in [1.807, 2.05) is 36.4 Å². The van der Waals surface area contributed by atoms with Crippen LogP contribution >= 0.6 is 0 Å². The fraction of sp³-hybridized carbons (Fsp3) is 0.0455. The zero-order chi connectivity index (χ0) is 19.5. The molecule has 0 fully saturated rings. The Hall–Kier alpha value is -3.93. The van der Waals surface area contributed by atoms with Crippen molar-refractivity contribution in [1.82, 2.24) is 9.97 Å². The van der Waals surface area contributed by atoms with Crippen molar-refractivity contribution < 1.29 is 9.59 Å². The Kier molecular flexibility index (Phi) is 4.60. The molecule has 4 aromatic rings. The second kappa shape index (κ2) is 7.36. The van der Waals surface area contributed by atoms with E-state index in [0.717, 1.165) is 22.4 Å². The zero-order valence-corrected chi connectivity index (χ0v) is 15.2. The molecule has 0 aliphatic carbocycles. The minimum absolute atomic E-state index is 0.162. The molecule has 1 heterocycles. The maximum absolute atomic E-state index is 12.5. The quantitative estimate of drug-likeness (QED) is 0.496. The molecule has 0 atom stereocenters. The molecule has 28 heavy (non-hydrogen) atoms. The van der Waals surface area contributed by atoms with Crippen LogP contribution in [-0.4, -0.2) is 21.8 Å². The molecule has 0 saturated carbocycles. The van der Waals surface area contributed by atoms with Crippen molar-refractivity contribution >= 4 is 34.2 Å². The van der Waals surface area contributed by atoms with Gasteiger partial charge in [-0.3, -0.25) is 9.59 Å². The number of hydrogen-bond donors (Lipinski definition) is 3. The highest BCUT2D eigenvalue weighted by Gasteiger charge is 2.09.